The average molecular weight is 268 g/mol. The third kappa shape index (κ3) is 2.24. The molecule has 1 aliphatic rings. The number of nitro groups is 1. The number of hydrogen-bond donors (Lipinski definition) is 1. The predicted octanol–water partition coefficient (Wildman–Crippen LogP) is 1.27. The Bertz CT molecular complexity index is 542. The van der Waals surface area contributed by atoms with E-state index < -0.39 is 11.0 Å². The maximum Gasteiger partial charge on any atom is 0.255 e. The van der Waals surface area contributed by atoms with E-state index >= 15 is 0 Å². The van der Waals surface area contributed by atoms with Gasteiger partial charge in [-0.3, -0.25) is 10.1 Å². The molecule has 0 saturated carbocycles. The number of benzene rings is 1. The lowest BCUT2D eigenvalue weighted by atomic mass is 10.0. The number of methoxy groups -OCH3 is 1. The van der Waals surface area contributed by atoms with Crippen LogP contribution in [-0.4, -0.2) is 35.8 Å². The van der Waals surface area contributed by atoms with Crippen molar-refractivity contribution in [3.63, 3.8) is 0 Å². The van der Waals surface area contributed by atoms with E-state index in [-0.39, 0.29) is 12.5 Å². The van der Waals surface area contributed by atoms with Crippen LogP contribution in [0.15, 0.2) is 17.3 Å². The normalized spacial score (nSPS) is 15.2. The fraction of sp³-hybridized carbons (Fsp3) is 0.364. The van der Waals surface area contributed by atoms with Crippen LogP contribution in [0, 0.1) is 10.1 Å². The van der Waals surface area contributed by atoms with Crippen molar-refractivity contribution in [1.29, 1.82) is 0 Å². The second kappa shape index (κ2) is 5.01. The molecule has 0 amide bonds. The van der Waals surface area contributed by atoms with Gasteiger partial charge in [-0.2, -0.15) is 0 Å². The topological polar surface area (TPSA) is 103 Å². The van der Waals surface area contributed by atoms with Crippen molar-refractivity contribution in [2.45, 2.75) is 13.0 Å². The van der Waals surface area contributed by atoms with E-state index in [1.54, 1.807) is 0 Å². The highest BCUT2D eigenvalue weighted by atomic mass is 16.7. The Balaban J connectivity index is 2.48. The van der Waals surface area contributed by atoms with E-state index in [1.165, 1.54) is 26.2 Å². The molecule has 0 fully saturated rings. The summed E-state index contributed by atoms with van der Waals surface area (Å²) in [6.45, 7) is 1.37. The van der Waals surface area contributed by atoms with Gasteiger partial charge in [-0.25, -0.2) is 0 Å². The van der Waals surface area contributed by atoms with Crippen molar-refractivity contribution in [3.05, 3.63) is 27.8 Å². The summed E-state index contributed by atoms with van der Waals surface area (Å²) in [7, 11) is 1.44. The van der Waals surface area contributed by atoms with Crippen LogP contribution in [-0.2, 0) is 0 Å². The van der Waals surface area contributed by atoms with E-state index in [0.717, 1.165) is 0 Å². The third-order valence-corrected chi connectivity index (χ3v) is 2.77. The minimum absolute atomic E-state index is 0.0472. The molecule has 1 heterocycles. The summed E-state index contributed by atoms with van der Waals surface area (Å²) in [5.74, 6) is 1.19. The van der Waals surface area contributed by atoms with Crippen molar-refractivity contribution in [2.24, 2.45) is 5.16 Å². The smallest absolute Gasteiger partial charge is 0.255 e. The molecule has 1 N–H and O–H groups in total. The highest BCUT2D eigenvalue weighted by Crippen LogP contribution is 2.42. The molecule has 1 atom stereocenters. The Kier molecular flexibility index (Phi) is 3.41. The number of oxime groups is 1. The molecule has 0 saturated heterocycles. The Morgan fingerprint density at radius 1 is 1.58 bits per heavy atom. The summed E-state index contributed by atoms with van der Waals surface area (Å²) in [6, 6.07) is 1.86. The zero-order valence-corrected chi connectivity index (χ0v) is 10.3. The fourth-order valence-electron chi connectivity index (χ4n) is 1.76. The van der Waals surface area contributed by atoms with Gasteiger partial charge in [0.25, 0.3) is 6.04 Å². The van der Waals surface area contributed by atoms with Gasteiger partial charge in [-0.15, -0.1) is 0 Å². The first-order valence-corrected chi connectivity index (χ1v) is 5.42. The van der Waals surface area contributed by atoms with Gasteiger partial charge in [0.15, 0.2) is 17.2 Å². The van der Waals surface area contributed by atoms with Crippen molar-refractivity contribution in [1.82, 2.24) is 0 Å². The third-order valence-electron chi connectivity index (χ3n) is 2.77. The van der Waals surface area contributed by atoms with Gasteiger partial charge in [0.2, 0.25) is 12.5 Å². The SMILES string of the molecule is COc1cc(/C(=N\O)C(C)[N+](=O)[O-])cc2c1OCO2. The molecular formula is C11H12N2O6. The maximum atomic E-state index is 10.8. The molecule has 2 rings (SSSR count). The molecule has 1 aromatic carbocycles. The lowest BCUT2D eigenvalue weighted by Crippen LogP contribution is -2.27. The number of rotatable bonds is 4. The van der Waals surface area contributed by atoms with Crippen LogP contribution in [0.3, 0.4) is 0 Å². The average Bonchev–Trinajstić information content (AvgIpc) is 2.86. The Labute approximate surface area is 108 Å². The summed E-state index contributed by atoms with van der Waals surface area (Å²) >= 11 is 0. The molecule has 1 aliphatic heterocycles. The summed E-state index contributed by atoms with van der Waals surface area (Å²) in [5, 5.41) is 22.8. The summed E-state index contributed by atoms with van der Waals surface area (Å²) in [5.41, 5.74) is 0.259. The Hall–Kier alpha value is -2.51. The molecule has 1 aromatic rings. The highest BCUT2D eigenvalue weighted by molar-refractivity contribution is 6.04. The molecule has 0 aromatic heterocycles. The van der Waals surface area contributed by atoms with Crippen LogP contribution in [0.2, 0.25) is 0 Å². The van der Waals surface area contributed by atoms with Crippen molar-refractivity contribution < 1.29 is 24.3 Å². The molecule has 0 spiro atoms. The lowest BCUT2D eigenvalue weighted by Gasteiger charge is -2.10. The van der Waals surface area contributed by atoms with Crippen LogP contribution in [0.1, 0.15) is 12.5 Å². The van der Waals surface area contributed by atoms with Crippen LogP contribution in [0.4, 0.5) is 0 Å². The van der Waals surface area contributed by atoms with Gasteiger partial charge < -0.3 is 19.4 Å². The van der Waals surface area contributed by atoms with Gasteiger partial charge in [0, 0.05) is 17.4 Å². The van der Waals surface area contributed by atoms with Gasteiger partial charge in [-0.05, 0) is 12.1 Å². The maximum absolute atomic E-state index is 10.8. The van der Waals surface area contributed by atoms with Crippen molar-refractivity contribution >= 4 is 5.71 Å². The van der Waals surface area contributed by atoms with E-state index in [0.29, 0.717) is 22.8 Å². The Morgan fingerprint density at radius 2 is 2.32 bits per heavy atom. The predicted molar refractivity (Wildman–Crippen MR) is 63.9 cm³/mol. The summed E-state index contributed by atoms with van der Waals surface area (Å²) in [6.07, 6.45) is 0. The van der Waals surface area contributed by atoms with Gasteiger partial charge in [0.05, 0.1) is 7.11 Å². The summed E-state index contributed by atoms with van der Waals surface area (Å²) < 4.78 is 15.5. The van der Waals surface area contributed by atoms with Crippen LogP contribution < -0.4 is 14.2 Å². The standard InChI is InChI=1S/C11H12N2O6/c1-6(13(15)16)10(12-14)7-3-8(17-2)11-9(4-7)18-5-19-11/h3-4,6,14H,5H2,1-2H3/b12-10-. The van der Waals surface area contributed by atoms with E-state index in [2.05, 4.69) is 5.16 Å². The number of nitrogens with zero attached hydrogens (tertiary/aromatic N) is 2. The molecule has 0 radical (unpaired) electrons. The van der Waals surface area contributed by atoms with Gasteiger partial charge in [-0.1, -0.05) is 5.16 Å². The highest BCUT2D eigenvalue weighted by Gasteiger charge is 2.28. The van der Waals surface area contributed by atoms with Crippen LogP contribution in [0.5, 0.6) is 17.2 Å². The van der Waals surface area contributed by atoms with Crippen LogP contribution >= 0.6 is 0 Å². The van der Waals surface area contributed by atoms with Crippen LogP contribution in [0.25, 0.3) is 0 Å². The zero-order chi connectivity index (χ0) is 14.0. The molecule has 19 heavy (non-hydrogen) atoms. The monoisotopic (exact) mass is 268 g/mol. The molecular weight excluding hydrogens is 256 g/mol. The number of ether oxygens (including phenoxy) is 3. The lowest BCUT2D eigenvalue weighted by molar-refractivity contribution is -0.498. The Morgan fingerprint density at radius 3 is 2.89 bits per heavy atom. The molecule has 8 nitrogen and oxygen atoms in total. The van der Waals surface area contributed by atoms with Gasteiger partial charge in [0.1, 0.15) is 0 Å². The minimum atomic E-state index is -1.16. The van der Waals surface area contributed by atoms with Gasteiger partial charge >= 0.3 is 0 Å². The molecule has 8 heteroatoms. The van der Waals surface area contributed by atoms with E-state index in [1.807, 2.05) is 0 Å². The van der Waals surface area contributed by atoms with E-state index in [4.69, 9.17) is 19.4 Å². The van der Waals surface area contributed by atoms with E-state index in [9.17, 15) is 10.1 Å². The zero-order valence-electron chi connectivity index (χ0n) is 10.3. The largest absolute Gasteiger partial charge is 0.493 e. The molecule has 0 aliphatic carbocycles. The first kappa shape index (κ1) is 12.9. The first-order chi connectivity index (χ1) is 9.08. The molecule has 1 unspecified atom stereocenters. The second-order valence-corrected chi connectivity index (χ2v) is 3.86. The quantitative estimate of drug-likeness (QED) is 0.381. The van der Waals surface area contributed by atoms with Crippen molar-refractivity contribution in [3.8, 4) is 17.2 Å². The summed E-state index contributed by atoms with van der Waals surface area (Å²) in [4.78, 5) is 10.2. The molecule has 0 bridgehead atoms. The minimum Gasteiger partial charge on any atom is -0.493 e. The second-order valence-electron chi connectivity index (χ2n) is 3.86. The fourth-order valence-corrected chi connectivity index (χ4v) is 1.76. The van der Waals surface area contributed by atoms with Crippen molar-refractivity contribution in [2.75, 3.05) is 13.9 Å². The molecule has 102 valence electrons. The first-order valence-electron chi connectivity index (χ1n) is 5.42. The number of hydrogen-bond acceptors (Lipinski definition) is 7. The number of fused-ring (bicyclic) bond motifs is 1.